The highest BCUT2D eigenvalue weighted by Gasteiger charge is 2.43. The zero-order valence-corrected chi connectivity index (χ0v) is 23.5. The molecule has 0 fully saturated rings. The molecule has 0 bridgehead atoms. The first-order valence-corrected chi connectivity index (χ1v) is 14.8. The zero-order chi connectivity index (χ0) is 28.9. The first-order chi connectivity index (χ1) is 19.8. The number of hydrogen-bond donors (Lipinski definition) is 3. The van der Waals surface area contributed by atoms with Crippen LogP contribution in [0.3, 0.4) is 0 Å². The van der Waals surface area contributed by atoms with Gasteiger partial charge in [-0.3, -0.25) is 14.4 Å². The number of pyridine rings is 2. The van der Waals surface area contributed by atoms with Crippen LogP contribution in [0.2, 0.25) is 0 Å². The van der Waals surface area contributed by atoms with E-state index in [9.17, 15) is 19.5 Å². The van der Waals surface area contributed by atoms with Gasteiger partial charge in [0.15, 0.2) is 11.6 Å². The topological polar surface area (TPSA) is 145 Å². The van der Waals surface area contributed by atoms with Crippen molar-refractivity contribution in [3.8, 4) is 17.1 Å². The molecule has 2 aliphatic carbocycles. The predicted molar refractivity (Wildman–Crippen MR) is 154 cm³/mol. The number of ether oxygens (including phenoxy) is 1. The molecule has 216 valence electrons. The Labute approximate surface area is 238 Å². The SMILES string of the molecule is CC[C@@]1(O)C(=O)CCc2c1cc1n(c2=O)Cc2c-1nc1ccc(OCCCCCCC(=O)CO)c3c1c2[C@@H](N)CC3. The number of carbonyl (C=O) groups is 2. The van der Waals surface area contributed by atoms with Crippen LogP contribution in [-0.2, 0) is 34.6 Å². The first-order valence-electron chi connectivity index (χ1n) is 14.8. The minimum absolute atomic E-state index is 0.115. The molecular formula is C32H37N3O6. The number of aryl methyl sites for hydroxylation is 1. The number of unbranched alkanes of at least 4 members (excludes halogenated alkanes) is 3. The maximum absolute atomic E-state index is 13.7. The Morgan fingerprint density at radius 3 is 2.71 bits per heavy atom. The number of aliphatic hydroxyl groups excluding tert-OH is 1. The molecule has 3 heterocycles. The van der Waals surface area contributed by atoms with Gasteiger partial charge in [0.25, 0.3) is 5.56 Å². The summed E-state index contributed by atoms with van der Waals surface area (Å²) in [5.41, 5.74) is 11.0. The van der Waals surface area contributed by atoms with Crippen LogP contribution in [0.15, 0.2) is 23.0 Å². The van der Waals surface area contributed by atoms with E-state index in [0.717, 1.165) is 71.9 Å². The van der Waals surface area contributed by atoms with E-state index in [-0.39, 0.29) is 42.6 Å². The molecule has 0 saturated carbocycles. The van der Waals surface area contributed by atoms with Crippen LogP contribution in [0.1, 0.15) is 92.1 Å². The van der Waals surface area contributed by atoms with Gasteiger partial charge in [-0.05, 0) is 62.3 Å². The molecule has 1 aromatic carbocycles. The third-order valence-corrected chi connectivity index (χ3v) is 9.20. The normalized spacial score (nSPS) is 20.6. The first kappa shape index (κ1) is 27.8. The number of fused-ring (bicyclic) bond motifs is 5. The summed E-state index contributed by atoms with van der Waals surface area (Å²) in [5, 5.41) is 21.1. The van der Waals surface area contributed by atoms with Crippen molar-refractivity contribution in [1.29, 1.82) is 0 Å². The lowest BCUT2D eigenvalue weighted by Crippen LogP contribution is -2.43. The molecule has 41 heavy (non-hydrogen) atoms. The Balaban J connectivity index is 1.33. The summed E-state index contributed by atoms with van der Waals surface area (Å²) >= 11 is 0. The second-order valence-electron chi connectivity index (χ2n) is 11.6. The smallest absolute Gasteiger partial charge is 0.254 e. The third-order valence-electron chi connectivity index (χ3n) is 9.20. The van der Waals surface area contributed by atoms with E-state index in [1.807, 2.05) is 12.1 Å². The largest absolute Gasteiger partial charge is 0.493 e. The second-order valence-corrected chi connectivity index (χ2v) is 11.6. The number of benzene rings is 1. The van der Waals surface area contributed by atoms with E-state index in [0.29, 0.717) is 48.5 Å². The average molecular weight is 560 g/mol. The van der Waals surface area contributed by atoms with Crippen LogP contribution in [-0.4, -0.2) is 44.5 Å². The summed E-state index contributed by atoms with van der Waals surface area (Å²) in [6.45, 7) is 2.32. The molecule has 9 nitrogen and oxygen atoms in total. The molecule has 0 spiro atoms. The van der Waals surface area contributed by atoms with Crippen LogP contribution in [0.4, 0.5) is 0 Å². The summed E-state index contributed by atoms with van der Waals surface area (Å²) < 4.78 is 7.96. The van der Waals surface area contributed by atoms with Crippen molar-refractivity contribution in [2.45, 2.75) is 89.3 Å². The van der Waals surface area contributed by atoms with E-state index in [1.165, 1.54) is 0 Å². The molecule has 0 saturated heterocycles. The van der Waals surface area contributed by atoms with Crippen LogP contribution >= 0.6 is 0 Å². The molecule has 6 rings (SSSR count). The zero-order valence-electron chi connectivity index (χ0n) is 23.5. The third kappa shape index (κ3) is 4.51. The molecule has 4 N–H and O–H groups in total. The highest BCUT2D eigenvalue weighted by Crippen LogP contribution is 2.46. The van der Waals surface area contributed by atoms with Gasteiger partial charge in [0.2, 0.25) is 0 Å². The van der Waals surface area contributed by atoms with Crippen molar-refractivity contribution in [2.75, 3.05) is 13.2 Å². The summed E-state index contributed by atoms with van der Waals surface area (Å²) in [4.78, 5) is 42.7. The lowest BCUT2D eigenvalue weighted by atomic mass is 9.77. The Morgan fingerprint density at radius 2 is 1.93 bits per heavy atom. The van der Waals surface area contributed by atoms with Crippen LogP contribution in [0.25, 0.3) is 22.3 Å². The molecule has 1 aliphatic heterocycles. The van der Waals surface area contributed by atoms with Gasteiger partial charge in [0.05, 0.1) is 30.1 Å². The molecule has 3 aliphatic rings. The molecule has 9 heteroatoms. The van der Waals surface area contributed by atoms with Gasteiger partial charge in [0.1, 0.15) is 18.0 Å². The molecule has 0 amide bonds. The second kappa shape index (κ2) is 10.8. The van der Waals surface area contributed by atoms with Crippen molar-refractivity contribution in [3.63, 3.8) is 0 Å². The van der Waals surface area contributed by atoms with Crippen molar-refractivity contribution in [3.05, 3.63) is 56.4 Å². The number of aliphatic hydroxyl groups is 2. The maximum atomic E-state index is 13.7. The summed E-state index contributed by atoms with van der Waals surface area (Å²) in [6.07, 6.45) is 6.17. The molecule has 2 atom stereocenters. The monoisotopic (exact) mass is 559 g/mol. The predicted octanol–water partition coefficient (Wildman–Crippen LogP) is 3.37. The summed E-state index contributed by atoms with van der Waals surface area (Å²) in [7, 11) is 0. The number of carbonyl (C=O) groups excluding carboxylic acids is 2. The Bertz CT molecular complexity index is 1630. The van der Waals surface area contributed by atoms with Crippen LogP contribution < -0.4 is 16.0 Å². The summed E-state index contributed by atoms with van der Waals surface area (Å²) in [5.74, 6) is 0.473. The van der Waals surface area contributed by atoms with E-state index in [1.54, 1.807) is 17.6 Å². The highest BCUT2D eigenvalue weighted by atomic mass is 16.5. The number of nitrogens with two attached hydrogens (primary N) is 1. The molecule has 3 aromatic rings. The van der Waals surface area contributed by atoms with E-state index >= 15 is 0 Å². The summed E-state index contributed by atoms with van der Waals surface area (Å²) in [6, 6.07) is 5.51. The van der Waals surface area contributed by atoms with E-state index in [4.69, 9.17) is 20.6 Å². The van der Waals surface area contributed by atoms with Gasteiger partial charge in [0, 0.05) is 46.5 Å². The number of nitrogens with zero attached hydrogens (tertiary/aromatic N) is 2. The fourth-order valence-corrected chi connectivity index (χ4v) is 6.92. The maximum Gasteiger partial charge on any atom is 0.254 e. The van der Waals surface area contributed by atoms with Crippen molar-refractivity contribution >= 4 is 22.5 Å². The fourth-order valence-electron chi connectivity index (χ4n) is 6.92. The van der Waals surface area contributed by atoms with Gasteiger partial charge in [-0.25, -0.2) is 4.98 Å². The number of ketones is 2. The quantitative estimate of drug-likeness (QED) is 0.251. The van der Waals surface area contributed by atoms with Gasteiger partial charge in [-0.1, -0.05) is 19.8 Å². The van der Waals surface area contributed by atoms with Gasteiger partial charge in [-0.2, -0.15) is 0 Å². The molecule has 0 radical (unpaired) electrons. The van der Waals surface area contributed by atoms with E-state index in [2.05, 4.69) is 0 Å². The standard InChI is InChI=1S/C32H37N3O6/c1-2-32(40)22-15-25-30-21(16-35(25)31(39)19(22)9-13-27(32)38)28-23(33)10-8-20-26(12-11-24(34-30)29(20)28)41-14-6-4-3-5-7-18(37)17-36/h11-12,15,23,36,40H,2-10,13-14,16-17,33H2,1H3/t23-,32-/m0/s1. The van der Waals surface area contributed by atoms with Crippen molar-refractivity contribution in [2.24, 2.45) is 5.73 Å². The van der Waals surface area contributed by atoms with Crippen LogP contribution in [0.5, 0.6) is 5.75 Å². The minimum Gasteiger partial charge on any atom is -0.493 e. The Hall–Kier alpha value is -3.40. The van der Waals surface area contributed by atoms with Crippen molar-refractivity contribution < 1.29 is 24.5 Å². The van der Waals surface area contributed by atoms with Crippen LogP contribution in [0, 0.1) is 0 Å². The Morgan fingerprint density at radius 1 is 1.12 bits per heavy atom. The lowest BCUT2D eigenvalue weighted by Gasteiger charge is -2.32. The van der Waals surface area contributed by atoms with E-state index < -0.39 is 5.60 Å². The fraction of sp³-hybridized carbons (Fsp3) is 0.500. The number of hydrogen-bond acceptors (Lipinski definition) is 8. The number of rotatable bonds is 10. The number of Topliss-reactive ketones (excluding diaryl/α,β-unsaturated/α-hetero) is 2. The molecular weight excluding hydrogens is 522 g/mol. The number of aromatic nitrogens is 2. The van der Waals surface area contributed by atoms with Gasteiger partial charge < -0.3 is 25.3 Å². The van der Waals surface area contributed by atoms with Gasteiger partial charge >= 0.3 is 0 Å². The van der Waals surface area contributed by atoms with Gasteiger partial charge in [-0.15, -0.1) is 0 Å². The minimum atomic E-state index is -1.65. The average Bonchev–Trinajstić information content (AvgIpc) is 3.35. The Kier molecular flexibility index (Phi) is 7.30. The van der Waals surface area contributed by atoms with Crippen molar-refractivity contribution in [1.82, 2.24) is 9.55 Å². The highest BCUT2D eigenvalue weighted by molar-refractivity contribution is 5.94. The molecule has 2 aromatic heterocycles. The lowest BCUT2D eigenvalue weighted by molar-refractivity contribution is -0.140. The molecule has 0 unspecified atom stereocenters.